The minimum Gasteiger partial charge on any atom is -0.492 e. The molecular formula is C17H21NO. The molecule has 1 unspecified atom stereocenters. The molecule has 0 aliphatic rings. The van der Waals surface area contributed by atoms with Crippen LogP contribution in [0.25, 0.3) is 0 Å². The van der Waals surface area contributed by atoms with E-state index < -0.39 is 0 Å². The van der Waals surface area contributed by atoms with Gasteiger partial charge in [-0.05, 0) is 44.2 Å². The zero-order chi connectivity index (χ0) is 13.7. The summed E-state index contributed by atoms with van der Waals surface area (Å²) >= 11 is 0. The van der Waals surface area contributed by atoms with Crippen LogP contribution in [0, 0.1) is 13.8 Å². The largest absolute Gasteiger partial charge is 0.492 e. The molecule has 2 aromatic carbocycles. The molecular weight excluding hydrogens is 234 g/mol. The highest BCUT2D eigenvalue weighted by molar-refractivity contribution is 5.28. The van der Waals surface area contributed by atoms with Crippen LogP contribution in [-0.4, -0.2) is 13.7 Å². The molecule has 2 rings (SSSR count). The predicted octanol–water partition coefficient (Wildman–Crippen LogP) is 3.64. The van der Waals surface area contributed by atoms with Crippen LogP contribution in [0.3, 0.4) is 0 Å². The van der Waals surface area contributed by atoms with Gasteiger partial charge in [0.15, 0.2) is 0 Å². The van der Waals surface area contributed by atoms with Crippen LogP contribution in [0.1, 0.15) is 22.7 Å². The molecule has 0 amide bonds. The summed E-state index contributed by atoms with van der Waals surface area (Å²) in [4.78, 5) is 0. The van der Waals surface area contributed by atoms with Crippen LogP contribution < -0.4 is 10.1 Å². The molecule has 0 aliphatic heterocycles. The van der Waals surface area contributed by atoms with Crippen LogP contribution in [0.5, 0.6) is 5.75 Å². The van der Waals surface area contributed by atoms with Gasteiger partial charge in [0.2, 0.25) is 0 Å². The van der Waals surface area contributed by atoms with Gasteiger partial charge in [-0.1, -0.05) is 42.0 Å². The Kier molecular flexibility index (Phi) is 4.58. The predicted molar refractivity (Wildman–Crippen MR) is 79.7 cm³/mol. The number of hydrogen-bond acceptors (Lipinski definition) is 2. The van der Waals surface area contributed by atoms with E-state index in [-0.39, 0.29) is 6.04 Å². The first-order valence-corrected chi connectivity index (χ1v) is 6.62. The third-order valence-electron chi connectivity index (χ3n) is 3.23. The number of hydrogen-bond donors (Lipinski definition) is 1. The Balaban J connectivity index is 2.01. The lowest BCUT2D eigenvalue weighted by Crippen LogP contribution is -2.23. The number of benzene rings is 2. The lowest BCUT2D eigenvalue weighted by atomic mass is 10.1. The average molecular weight is 255 g/mol. The SMILES string of the molecule is CNC(COc1cccc(C)c1)c1ccc(C)cc1. The Morgan fingerprint density at radius 1 is 1.00 bits per heavy atom. The summed E-state index contributed by atoms with van der Waals surface area (Å²) in [6.07, 6.45) is 0. The van der Waals surface area contributed by atoms with E-state index in [0.29, 0.717) is 6.61 Å². The molecule has 1 N–H and O–H groups in total. The van der Waals surface area contributed by atoms with E-state index in [9.17, 15) is 0 Å². The smallest absolute Gasteiger partial charge is 0.119 e. The van der Waals surface area contributed by atoms with Crippen molar-refractivity contribution in [1.82, 2.24) is 5.32 Å². The van der Waals surface area contributed by atoms with E-state index in [0.717, 1.165) is 5.75 Å². The number of ether oxygens (including phenoxy) is 1. The standard InChI is InChI=1S/C17H21NO/c1-13-7-9-15(10-8-13)17(18-3)12-19-16-6-4-5-14(2)11-16/h4-11,17-18H,12H2,1-3H3. The first kappa shape index (κ1) is 13.6. The molecule has 2 aromatic rings. The van der Waals surface area contributed by atoms with Crippen molar-refractivity contribution in [3.63, 3.8) is 0 Å². The second kappa shape index (κ2) is 6.39. The van der Waals surface area contributed by atoms with E-state index in [1.54, 1.807) is 0 Å². The number of likely N-dealkylation sites (N-methyl/N-ethyl adjacent to an activating group) is 1. The Hall–Kier alpha value is -1.80. The van der Waals surface area contributed by atoms with Crippen LogP contribution in [0.4, 0.5) is 0 Å². The van der Waals surface area contributed by atoms with E-state index in [2.05, 4.69) is 55.6 Å². The van der Waals surface area contributed by atoms with Gasteiger partial charge in [-0.15, -0.1) is 0 Å². The fourth-order valence-corrected chi connectivity index (χ4v) is 2.03. The summed E-state index contributed by atoms with van der Waals surface area (Å²) in [7, 11) is 1.96. The first-order chi connectivity index (χ1) is 9.19. The van der Waals surface area contributed by atoms with Crippen molar-refractivity contribution in [2.45, 2.75) is 19.9 Å². The summed E-state index contributed by atoms with van der Waals surface area (Å²) < 4.78 is 5.86. The van der Waals surface area contributed by atoms with Crippen molar-refractivity contribution >= 4 is 0 Å². The van der Waals surface area contributed by atoms with Gasteiger partial charge < -0.3 is 10.1 Å². The van der Waals surface area contributed by atoms with Crippen LogP contribution in [0.2, 0.25) is 0 Å². The molecule has 0 saturated heterocycles. The van der Waals surface area contributed by atoms with Gasteiger partial charge in [0.1, 0.15) is 12.4 Å². The zero-order valence-electron chi connectivity index (χ0n) is 11.8. The van der Waals surface area contributed by atoms with Gasteiger partial charge in [0.25, 0.3) is 0 Å². The van der Waals surface area contributed by atoms with E-state index in [1.165, 1.54) is 16.7 Å². The fourth-order valence-electron chi connectivity index (χ4n) is 2.03. The van der Waals surface area contributed by atoms with Crippen molar-refractivity contribution in [2.75, 3.05) is 13.7 Å². The van der Waals surface area contributed by atoms with Gasteiger partial charge >= 0.3 is 0 Å². The maximum absolute atomic E-state index is 5.86. The molecule has 1 atom stereocenters. The van der Waals surface area contributed by atoms with E-state index in [4.69, 9.17) is 4.74 Å². The molecule has 0 fully saturated rings. The number of aryl methyl sites for hydroxylation is 2. The molecule has 2 heteroatoms. The van der Waals surface area contributed by atoms with Gasteiger partial charge in [0, 0.05) is 0 Å². The minimum atomic E-state index is 0.209. The zero-order valence-corrected chi connectivity index (χ0v) is 11.8. The van der Waals surface area contributed by atoms with Crippen molar-refractivity contribution < 1.29 is 4.74 Å². The highest BCUT2D eigenvalue weighted by atomic mass is 16.5. The lowest BCUT2D eigenvalue weighted by molar-refractivity contribution is 0.273. The maximum atomic E-state index is 5.86. The third kappa shape index (κ3) is 3.83. The average Bonchev–Trinajstić information content (AvgIpc) is 2.41. The van der Waals surface area contributed by atoms with Crippen molar-refractivity contribution in [3.05, 3.63) is 65.2 Å². The molecule has 2 nitrogen and oxygen atoms in total. The lowest BCUT2D eigenvalue weighted by Gasteiger charge is -2.18. The summed E-state index contributed by atoms with van der Waals surface area (Å²) in [5.74, 6) is 0.923. The molecule has 100 valence electrons. The third-order valence-corrected chi connectivity index (χ3v) is 3.23. The molecule has 0 aliphatic carbocycles. The maximum Gasteiger partial charge on any atom is 0.119 e. The fraction of sp³-hybridized carbons (Fsp3) is 0.294. The Bertz CT molecular complexity index is 519. The Morgan fingerprint density at radius 2 is 1.74 bits per heavy atom. The first-order valence-electron chi connectivity index (χ1n) is 6.62. The van der Waals surface area contributed by atoms with Crippen LogP contribution in [-0.2, 0) is 0 Å². The molecule has 0 heterocycles. The molecule has 19 heavy (non-hydrogen) atoms. The van der Waals surface area contributed by atoms with Crippen molar-refractivity contribution in [3.8, 4) is 5.75 Å². The molecule has 0 spiro atoms. The normalized spacial score (nSPS) is 12.2. The molecule has 0 radical (unpaired) electrons. The Morgan fingerprint density at radius 3 is 2.37 bits per heavy atom. The summed E-state index contributed by atoms with van der Waals surface area (Å²) in [6, 6.07) is 16.9. The minimum absolute atomic E-state index is 0.209. The molecule has 0 saturated carbocycles. The van der Waals surface area contributed by atoms with Gasteiger partial charge in [-0.2, -0.15) is 0 Å². The topological polar surface area (TPSA) is 21.3 Å². The van der Waals surface area contributed by atoms with Crippen LogP contribution in [0.15, 0.2) is 48.5 Å². The van der Waals surface area contributed by atoms with Gasteiger partial charge in [-0.3, -0.25) is 0 Å². The Labute approximate surface area is 115 Å². The number of rotatable bonds is 5. The summed E-state index contributed by atoms with van der Waals surface area (Å²) in [5.41, 5.74) is 3.74. The highest BCUT2D eigenvalue weighted by Crippen LogP contribution is 2.17. The monoisotopic (exact) mass is 255 g/mol. The van der Waals surface area contributed by atoms with E-state index >= 15 is 0 Å². The van der Waals surface area contributed by atoms with Gasteiger partial charge in [0.05, 0.1) is 6.04 Å². The van der Waals surface area contributed by atoms with Crippen molar-refractivity contribution in [1.29, 1.82) is 0 Å². The number of nitrogens with one attached hydrogen (secondary N) is 1. The van der Waals surface area contributed by atoms with Crippen molar-refractivity contribution in [2.24, 2.45) is 0 Å². The summed E-state index contributed by atoms with van der Waals surface area (Å²) in [5, 5.41) is 3.30. The highest BCUT2D eigenvalue weighted by Gasteiger charge is 2.09. The molecule has 0 aromatic heterocycles. The summed E-state index contributed by atoms with van der Waals surface area (Å²) in [6.45, 7) is 4.80. The van der Waals surface area contributed by atoms with Crippen LogP contribution >= 0.6 is 0 Å². The second-order valence-corrected chi connectivity index (χ2v) is 4.88. The quantitative estimate of drug-likeness (QED) is 0.880. The van der Waals surface area contributed by atoms with Gasteiger partial charge in [-0.25, -0.2) is 0 Å². The second-order valence-electron chi connectivity index (χ2n) is 4.88. The molecule has 0 bridgehead atoms. The van der Waals surface area contributed by atoms with E-state index in [1.807, 2.05) is 19.2 Å².